The monoisotopic (exact) mass is 381 g/mol. The normalized spacial score (nSPS) is 19.5. The Balaban J connectivity index is 1.87. The first-order chi connectivity index (χ1) is 12.7. The van der Waals surface area contributed by atoms with Crippen molar-refractivity contribution >= 4 is 34.4 Å². The van der Waals surface area contributed by atoms with Crippen LogP contribution in [0.3, 0.4) is 0 Å². The van der Waals surface area contributed by atoms with Gasteiger partial charge in [0.25, 0.3) is 0 Å². The van der Waals surface area contributed by atoms with Gasteiger partial charge in [-0.1, -0.05) is 18.2 Å². The van der Waals surface area contributed by atoms with Crippen molar-refractivity contribution in [3.63, 3.8) is 0 Å². The third-order valence-corrected chi connectivity index (χ3v) is 6.02. The van der Waals surface area contributed by atoms with E-state index in [9.17, 15) is 0 Å². The maximum atomic E-state index is 5.74. The lowest BCUT2D eigenvalue weighted by molar-refractivity contribution is 0.414. The molecule has 0 amide bonds. The van der Waals surface area contributed by atoms with E-state index < -0.39 is 0 Å². The second-order valence-corrected chi connectivity index (χ2v) is 7.47. The highest BCUT2D eigenvalue weighted by Gasteiger charge is 2.42. The lowest BCUT2D eigenvalue weighted by Crippen LogP contribution is -2.29. The van der Waals surface area contributed by atoms with Gasteiger partial charge in [-0.25, -0.2) is 0 Å². The molecular formula is C20H19N3OS2. The summed E-state index contributed by atoms with van der Waals surface area (Å²) in [6, 6.07) is 16.1. The fourth-order valence-electron chi connectivity index (χ4n) is 3.40. The van der Waals surface area contributed by atoms with Crippen LogP contribution in [0.25, 0.3) is 0 Å². The molecule has 0 bridgehead atoms. The minimum Gasteiger partial charge on any atom is -0.495 e. The van der Waals surface area contributed by atoms with Crippen LogP contribution < -0.4 is 15.0 Å². The standard InChI is InChI=1S/C20H19N3OS2/c1-13-10-12-26-19(13)18-17(14-7-5-6-11-21-14)22-20(25)23(18)15-8-3-4-9-16(15)24-2/h3-12,17-18H,1-2H3,(H,22,25)/t17-,18+/m1/s1. The molecule has 132 valence electrons. The summed E-state index contributed by atoms with van der Waals surface area (Å²) in [4.78, 5) is 8.02. The average Bonchev–Trinajstić information content (AvgIpc) is 3.25. The van der Waals surface area contributed by atoms with E-state index in [1.54, 1.807) is 18.4 Å². The zero-order chi connectivity index (χ0) is 18.1. The number of anilines is 1. The van der Waals surface area contributed by atoms with Gasteiger partial charge in [-0.2, -0.15) is 0 Å². The smallest absolute Gasteiger partial charge is 0.174 e. The Kier molecular flexibility index (Phi) is 4.61. The Morgan fingerprint density at radius 1 is 1.15 bits per heavy atom. The summed E-state index contributed by atoms with van der Waals surface area (Å²) in [5, 5.41) is 6.29. The predicted octanol–water partition coefficient (Wildman–Crippen LogP) is 4.64. The Labute approximate surface area is 162 Å². The molecule has 1 aliphatic heterocycles. The summed E-state index contributed by atoms with van der Waals surface area (Å²) in [5.41, 5.74) is 3.20. The van der Waals surface area contributed by atoms with E-state index in [0.29, 0.717) is 5.11 Å². The molecule has 3 heterocycles. The Morgan fingerprint density at radius 3 is 2.65 bits per heavy atom. The van der Waals surface area contributed by atoms with Crippen molar-refractivity contribution in [2.24, 2.45) is 0 Å². The van der Waals surface area contributed by atoms with Crippen molar-refractivity contribution < 1.29 is 4.74 Å². The van der Waals surface area contributed by atoms with Crippen LogP contribution in [-0.2, 0) is 0 Å². The number of rotatable bonds is 4. The summed E-state index contributed by atoms with van der Waals surface area (Å²) in [6.07, 6.45) is 1.82. The molecule has 3 aromatic rings. The van der Waals surface area contributed by atoms with Crippen LogP contribution in [0, 0.1) is 6.92 Å². The minimum atomic E-state index is -0.0223. The van der Waals surface area contributed by atoms with E-state index in [-0.39, 0.29) is 12.1 Å². The van der Waals surface area contributed by atoms with Gasteiger partial charge >= 0.3 is 0 Å². The number of nitrogens with zero attached hydrogens (tertiary/aromatic N) is 2. The quantitative estimate of drug-likeness (QED) is 0.667. The largest absolute Gasteiger partial charge is 0.495 e. The van der Waals surface area contributed by atoms with Crippen molar-refractivity contribution in [2.75, 3.05) is 12.0 Å². The van der Waals surface area contributed by atoms with Crippen molar-refractivity contribution in [3.05, 3.63) is 76.2 Å². The van der Waals surface area contributed by atoms with E-state index in [1.807, 2.05) is 48.7 Å². The summed E-state index contributed by atoms with van der Waals surface area (Å²) >= 11 is 7.49. The topological polar surface area (TPSA) is 37.4 Å². The van der Waals surface area contributed by atoms with Crippen molar-refractivity contribution in [1.29, 1.82) is 0 Å². The number of ether oxygens (including phenoxy) is 1. The molecule has 0 aliphatic carbocycles. The summed E-state index contributed by atoms with van der Waals surface area (Å²) in [5.74, 6) is 0.803. The second-order valence-electron chi connectivity index (χ2n) is 6.14. The molecule has 4 rings (SSSR count). The molecular weight excluding hydrogens is 362 g/mol. The van der Waals surface area contributed by atoms with Crippen molar-refractivity contribution in [2.45, 2.75) is 19.0 Å². The van der Waals surface area contributed by atoms with E-state index >= 15 is 0 Å². The number of thiophene rings is 1. The van der Waals surface area contributed by atoms with Crippen molar-refractivity contribution in [1.82, 2.24) is 10.3 Å². The first-order valence-electron chi connectivity index (χ1n) is 8.38. The van der Waals surface area contributed by atoms with Gasteiger partial charge in [0.1, 0.15) is 5.75 Å². The number of hydrogen-bond donors (Lipinski definition) is 1. The van der Waals surface area contributed by atoms with Gasteiger partial charge in [-0.15, -0.1) is 11.3 Å². The number of hydrogen-bond acceptors (Lipinski definition) is 4. The van der Waals surface area contributed by atoms with E-state index in [1.165, 1.54) is 10.4 Å². The van der Waals surface area contributed by atoms with Gasteiger partial charge in [-0.05, 0) is 60.4 Å². The molecule has 0 saturated carbocycles. The van der Waals surface area contributed by atoms with Gasteiger partial charge in [0.2, 0.25) is 0 Å². The van der Waals surface area contributed by atoms with Gasteiger partial charge in [-0.3, -0.25) is 4.98 Å². The molecule has 0 radical (unpaired) electrons. The maximum Gasteiger partial charge on any atom is 0.174 e. The number of thiocarbonyl (C=S) groups is 1. The molecule has 0 spiro atoms. The van der Waals surface area contributed by atoms with Crippen molar-refractivity contribution in [3.8, 4) is 5.75 Å². The molecule has 6 heteroatoms. The Bertz CT molecular complexity index is 926. The molecule has 0 unspecified atom stereocenters. The second kappa shape index (κ2) is 7.05. The predicted molar refractivity (Wildman–Crippen MR) is 110 cm³/mol. The number of methoxy groups -OCH3 is 1. The third kappa shape index (κ3) is 2.85. The first-order valence-corrected chi connectivity index (χ1v) is 9.67. The summed E-state index contributed by atoms with van der Waals surface area (Å²) < 4.78 is 5.60. The lowest BCUT2D eigenvalue weighted by Gasteiger charge is -2.28. The van der Waals surface area contributed by atoms with Crippen LogP contribution in [0.15, 0.2) is 60.1 Å². The highest BCUT2D eigenvalue weighted by molar-refractivity contribution is 7.80. The molecule has 1 fully saturated rings. The molecule has 1 N–H and O–H groups in total. The van der Waals surface area contributed by atoms with E-state index in [4.69, 9.17) is 17.0 Å². The number of pyridine rings is 1. The van der Waals surface area contributed by atoms with Crippen LogP contribution >= 0.6 is 23.6 Å². The molecule has 1 aromatic carbocycles. The number of aromatic nitrogens is 1. The molecule has 2 aromatic heterocycles. The zero-order valence-electron chi connectivity index (χ0n) is 14.5. The molecule has 2 atom stereocenters. The van der Waals surface area contributed by atoms with Gasteiger partial charge in [0, 0.05) is 11.1 Å². The van der Waals surface area contributed by atoms with Crippen LogP contribution in [0.4, 0.5) is 5.69 Å². The van der Waals surface area contributed by atoms with Gasteiger partial charge in [0.15, 0.2) is 5.11 Å². The summed E-state index contributed by atoms with van der Waals surface area (Å²) in [7, 11) is 1.69. The molecule has 1 saturated heterocycles. The Hall–Kier alpha value is -2.44. The highest BCUT2D eigenvalue weighted by atomic mass is 32.1. The highest BCUT2D eigenvalue weighted by Crippen LogP contribution is 2.46. The fraction of sp³-hybridized carbons (Fsp3) is 0.200. The van der Waals surface area contributed by atoms with E-state index in [0.717, 1.165) is 17.1 Å². The maximum absolute atomic E-state index is 5.74. The van der Waals surface area contributed by atoms with Crippen LogP contribution in [0.1, 0.15) is 28.2 Å². The number of para-hydroxylation sites is 2. The number of nitrogens with one attached hydrogen (secondary N) is 1. The van der Waals surface area contributed by atoms with Crippen LogP contribution in [0.2, 0.25) is 0 Å². The molecule has 1 aliphatic rings. The number of benzene rings is 1. The molecule has 26 heavy (non-hydrogen) atoms. The third-order valence-electron chi connectivity index (χ3n) is 4.61. The number of aryl methyl sites for hydroxylation is 1. The van der Waals surface area contributed by atoms with E-state index in [2.05, 4.69) is 33.6 Å². The molecule has 4 nitrogen and oxygen atoms in total. The SMILES string of the molecule is COc1ccccc1N1C(=S)N[C@H](c2ccccn2)[C@H]1c1sccc1C. The average molecular weight is 382 g/mol. The Morgan fingerprint density at radius 2 is 1.96 bits per heavy atom. The van der Waals surface area contributed by atoms with Crippen LogP contribution in [0.5, 0.6) is 5.75 Å². The zero-order valence-corrected chi connectivity index (χ0v) is 16.2. The minimum absolute atomic E-state index is 0.0219. The fourth-order valence-corrected chi connectivity index (χ4v) is 4.79. The summed E-state index contributed by atoms with van der Waals surface area (Å²) in [6.45, 7) is 2.14. The van der Waals surface area contributed by atoms with Gasteiger partial charge < -0.3 is 15.0 Å². The first kappa shape index (κ1) is 17.0. The van der Waals surface area contributed by atoms with Crippen LogP contribution in [-0.4, -0.2) is 17.2 Å². The lowest BCUT2D eigenvalue weighted by atomic mass is 10.0. The van der Waals surface area contributed by atoms with Gasteiger partial charge in [0.05, 0.1) is 30.6 Å².